The number of carbonyl (C=O) groups is 2. The molecule has 1 aromatic carbocycles. The molecular formula is C17H24N2O3. The summed E-state index contributed by atoms with van der Waals surface area (Å²) >= 11 is 0. The molecule has 0 aliphatic heterocycles. The Morgan fingerprint density at radius 3 is 2.41 bits per heavy atom. The van der Waals surface area contributed by atoms with Gasteiger partial charge in [0.05, 0.1) is 6.10 Å². The average Bonchev–Trinajstić information content (AvgIpc) is 2.50. The normalized spacial score (nSPS) is 12.4. The minimum Gasteiger partial charge on any atom is -0.391 e. The second-order valence-corrected chi connectivity index (χ2v) is 5.56. The van der Waals surface area contributed by atoms with Crippen LogP contribution in [0.3, 0.4) is 0 Å². The van der Waals surface area contributed by atoms with Crippen LogP contribution in [0.25, 0.3) is 6.08 Å². The number of aliphatic hydroxyl groups excluding tert-OH is 1. The first kappa shape index (κ1) is 17.9. The van der Waals surface area contributed by atoms with E-state index in [0.717, 1.165) is 5.56 Å². The number of carbonyl (C=O) groups excluding carboxylic acids is 2. The largest absolute Gasteiger partial charge is 0.391 e. The third kappa shape index (κ3) is 6.54. The number of hydrogen-bond donors (Lipinski definition) is 3. The summed E-state index contributed by atoms with van der Waals surface area (Å²) in [5.41, 5.74) is 1.39. The molecule has 3 N–H and O–H groups in total. The zero-order valence-electron chi connectivity index (χ0n) is 13.3. The van der Waals surface area contributed by atoms with Crippen molar-refractivity contribution in [3.05, 3.63) is 41.5 Å². The van der Waals surface area contributed by atoms with Gasteiger partial charge in [0.25, 0.3) is 5.91 Å². The molecule has 0 spiro atoms. The highest BCUT2D eigenvalue weighted by Crippen LogP contribution is 2.06. The predicted octanol–water partition coefficient (Wildman–Crippen LogP) is 1.58. The van der Waals surface area contributed by atoms with Gasteiger partial charge < -0.3 is 15.7 Å². The first-order chi connectivity index (χ1) is 10.4. The third-order valence-corrected chi connectivity index (χ3v) is 3.08. The summed E-state index contributed by atoms with van der Waals surface area (Å²) in [6, 6.07) is 6.93. The van der Waals surface area contributed by atoms with Crippen molar-refractivity contribution in [2.45, 2.75) is 26.4 Å². The second kappa shape index (κ2) is 9.00. The van der Waals surface area contributed by atoms with Gasteiger partial charge in [0.15, 0.2) is 0 Å². The number of hydrogen-bond acceptors (Lipinski definition) is 3. The number of benzene rings is 1. The molecule has 1 rings (SSSR count). The van der Waals surface area contributed by atoms with Gasteiger partial charge in [-0.25, -0.2) is 0 Å². The second-order valence-electron chi connectivity index (χ2n) is 5.56. The lowest BCUT2D eigenvalue weighted by Crippen LogP contribution is -2.31. The summed E-state index contributed by atoms with van der Waals surface area (Å²) in [6.45, 7) is 4.29. The van der Waals surface area contributed by atoms with Crippen LogP contribution in [0.5, 0.6) is 0 Å². The van der Waals surface area contributed by atoms with Crippen LogP contribution in [0, 0.1) is 5.92 Å². The van der Waals surface area contributed by atoms with Crippen LogP contribution in [-0.2, 0) is 4.79 Å². The summed E-state index contributed by atoms with van der Waals surface area (Å²) in [5, 5.41) is 14.9. The molecule has 120 valence electrons. The van der Waals surface area contributed by atoms with Gasteiger partial charge in [0.1, 0.15) is 0 Å². The minimum atomic E-state index is -0.524. The van der Waals surface area contributed by atoms with Crippen LogP contribution in [0.1, 0.15) is 36.2 Å². The Labute approximate surface area is 131 Å². The molecule has 0 aromatic heterocycles. The van der Waals surface area contributed by atoms with Gasteiger partial charge in [-0.05, 0) is 36.1 Å². The molecule has 1 unspecified atom stereocenters. The zero-order chi connectivity index (χ0) is 16.5. The van der Waals surface area contributed by atoms with E-state index in [9.17, 15) is 14.7 Å². The number of rotatable bonds is 7. The van der Waals surface area contributed by atoms with Crippen molar-refractivity contribution in [2.75, 3.05) is 13.6 Å². The minimum absolute atomic E-state index is 0.146. The molecule has 0 aliphatic carbocycles. The lowest BCUT2D eigenvalue weighted by Gasteiger charge is -2.12. The highest BCUT2D eigenvalue weighted by molar-refractivity contribution is 5.94. The Bertz CT molecular complexity index is 521. The lowest BCUT2D eigenvalue weighted by atomic mass is 10.1. The summed E-state index contributed by atoms with van der Waals surface area (Å²) < 4.78 is 0. The average molecular weight is 304 g/mol. The van der Waals surface area contributed by atoms with E-state index in [1.54, 1.807) is 37.4 Å². The topological polar surface area (TPSA) is 78.4 Å². The molecule has 0 saturated carbocycles. The van der Waals surface area contributed by atoms with Crippen molar-refractivity contribution in [1.82, 2.24) is 10.6 Å². The fourth-order valence-electron chi connectivity index (χ4n) is 1.97. The van der Waals surface area contributed by atoms with E-state index in [2.05, 4.69) is 10.6 Å². The summed E-state index contributed by atoms with van der Waals surface area (Å²) in [6.07, 6.45) is 3.21. The maximum absolute atomic E-state index is 11.7. The first-order valence-corrected chi connectivity index (χ1v) is 7.38. The van der Waals surface area contributed by atoms with Crippen LogP contribution in [-0.4, -0.2) is 36.6 Å². The Hall–Kier alpha value is -2.14. The fraction of sp³-hybridized carbons (Fsp3) is 0.412. The Morgan fingerprint density at radius 1 is 1.23 bits per heavy atom. The molecule has 0 fully saturated rings. The molecule has 0 heterocycles. The Balaban J connectivity index is 2.47. The molecule has 1 aromatic rings. The molecule has 1 atom stereocenters. The molecular weight excluding hydrogens is 280 g/mol. The molecule has 22 heavy (non-hydrogen) atoms. The maximum Gasteiger partial charge on any atom is 0.251 e. The molecule has 5 heteroatoms. The van der Waals surface area contributed by atoms with E-state index in [-0.39, 0.29) is 18.4 Å². The SMILES string of the molecule is CNC(=O)c1ccc(/C=C/C(=O)NCC(O)CC(C)C)cc1. The van der Waals surface area contributed by atoms with E-state index in [0.29, 0.717) is 17.9 Å². The van der Waals surface area contributed by atoms with Crippen molar-refractivity contribution < 1.29 is 14.7 Å². The lowest BCUT2D eigenvalue weighted by molar-refractivity contribution is -0.116. The van der Waals surface area contributed by atoms with Crippen LogP contribution >= 0.6 is 0 Å². The highest BCUT2D eigenvalue weighted by atomic mass is 16.3. The van der Waals surface area contributed by atoms with E-state index in [1.165, 1.54) is 6.08 Å². The van der Waals surface area contributed by atoms with Crippen LogP contribution in [0.4, 0.5) is 0 Å². The zero-order valence-corrected chi connectivity index (χ0v) is 13.3. The van der Waals surface area contributed by atoms with Crippen molar-refractivity contribution >= 4 is 17.9 Å². The third-order valence-electron chi connectivity index (χ3n) is 3.08. The van der Waals surface area contributed by atoms with Gasteiger partial charge in [-0.15, -0.1) is 0 Å². The van der Waals surface area contributed by atoms with Crippen molar-refractivity contribution in [2.24, 2.45) is 5.92 Å². The smallest absolute Gasteiger partial charge is 0.251 e. The van der Waals surface area contributed by atoms with E-state index in [1.807, 2.05) is 13.8 Å². The molecule has 0 aliphatic rings. The van der Waals surface area contributed by atoms with Crippen molar-refractivity contribution in [1.29, 1.82) is 0 Å². The van der Waals surface area contributed by atoms with Crippen molar-refractivity contribution in [3.63, 3.8) is 0 Å². The quantitative estimate of drug-likeness (QED) is 0.669. The van der Waals surface area contributed by atoms with Gasteiger partial charge in [0.2, 0.25) is 5.91 Å². The monoisotopic (exact) mass is 304 g/mol. The Kier molecular flexibility index (Phi) is 7.32. The van der Waals surface area contributed by atoms with Crippen LogP contribution in [0.15, 0.2) is 30.3 Å². The summed E-state index contributed by atoms with van der Waals surface area (Å²) in [4.78, 5) is 23.1. The summed E-state index contributed by atoms with van der Waals surface area (Å²) in [7, 11) is 1.58. The van der Waals surface area contributed by atoms with Gasteiger partial charge in [-0.3, -0.25) is 9.59 Å². The molecule has 0 saturated heterocycles. The molecule has 2 amide bonds. The predicted molar refractivity (Wildman–Crippen MR) is 87.3 cm³/mol. The molecule has 5 nitrogen and oxygen atoms in total. The van der Waals surface area contributed by atoms with E-state index < -0.39 is 6.10 Å². The standard InChI is InChI=1S/C17H24N2O3/c1-12(2)10-15(20)11-19-16(21)9-6-13-4-7-14(8-5-13)17(22)18-3/h4-9,12,15,20H,10-11H2,1-3H3,(H,18,22)(H,19,21)/b9-6+. The number of nitrogens with one attached hydrogen (secondary N) is 2. The van der Waals surface area contributed by atoms with Crippen LogP contribution < -0.4 is 10.6 Å². The molecule has 0 bridgehead atoms. The molecule has 0 radical (unpaired) electrons. The van der Waals surface area contributed by atoms with E-state index >= 15 is 0 Å². The maximum atomic E-state index is 11.7. The van der Waals surface area contributed by atoms with Gasteiger partial charge >= 0.3 is 0 Å². The van der Waals surface area contributed by atoms with Gasteiger partial charge in [0, 0.05) is 25.2 Å². The number of aliphatic hydroxyl groups is 1. The fourth-order valence-corrected chi connectivity index (χ4v) is 1.97. The van der Waals surface area contributed by atoms with Gasteiger partial charge in [-0.1, -0.05) is 26.0 Å². The van der Waals surface area contributed by atoms with Crippen molar-refractivity contribution in [3.8, 4) is 0 Å². The highest BCUT2D eigenvalue weighted by Gasteiger charge is 2.07. The van der Waals surface area contributed by atoms with Crippen LogP contribution in [0.2, 0.25) is 0 Å². The first-order valence-electron chi connectivity index (χ1n) is 7.38. The Morgan fingerprint density at radius 2 is 1.86 bits per heavy atom. The number of amides is 2. The van der Waals surface area contributed by atoms with E-state index in [4.69, 9.17) is 0 Å². The summed E-state index contributed by atoms with van der Waals surface area (Å²) in [5.74, 6) is -0.00752. The van der Waals surface area contributed by atoms with Gasteiger partial charge in [-0.2, -0.15) is 0 Å².